The van der Waals surface area contributed by atoms with E-state index in [4.69, 9.17) is 0 Å². The van der Waals surface area contributed by atoms with Gasteiger partial charge >= 0.3 is 0 Å². The van der Waals surface area contributed by atoms with Gasteiger partial charge in [-0.2, -0.15) is 0 Å². The number of hydrogen-bond acceptors (Lipinski definition) is 6. The lowest BCUT2D eigenvalue weighted by Crippen LogP contribution is -2.15. The molecule has 2 N–H and O–H groups in total. The molecule has 2 heterocycles. The van der Waals surface area contributed by atoms with E-state index < -0.39 is 0 Å². The molecule has 2 aromatic carbocycles. The number of H-pyrrole nitrogens is 1. The van der Waals surface area contributed by atoms with E-state index in [9.17, 15) is 9.59 Å². The Balaban J connectivity index is 1.45. The maximum absolute atomic E-state index is 12.6. The molecule has 0 bridgehead atoms. The van der Waals surface area contributed by atoms with Gasteiger partial charge in [0.1, 0.15) is 5.82 Å². The number of aryl methyl sites for hydroxylation is 2. The number of aromatic nitrogens is 5. The number of aromatic amines is 1. The fourth-order valence-electron chi connectivity index (χ4n) is 3.47. The first-order valence-electron chi connectivity index (χ1n) is 10.5. The van der Waals surface area contributed by atoms with Gasteiger partial charge in [0.25, 0.3) is 5.56 Å². The minimum atomic E-state index is -0.214. The van der Waals surface area contributed by atoms with Gasteiger partial charge in [-0.1, -0.05) is 47.7 Å². The van der Waals surface area contributed by atoms with Crippen molar-refractivity contribution in [2.24, 2.45) is 0 Å². The van der Waals surface area contributed by atoms with E-state index in [2.05, 4.69) is 31.5 Å². The van der Waals surface area contributed by atoms with Crippen molar-refractivity contribution in [2.75, 3.05) is 11.1 Å². The molecule has 0 aliphatic rings. The third-order valence-corrected chi connectivity index (χ3v) is 5.90. The summed E-state index contributed by atoms with van der Waals surface area (Å²) in [6.07, 6.45) is 0. The molecule has 8 nitrogen and oxygen atoms in total. The second-order valence-electron chi connectivity index (χ2n) is 7.57. The number of carbonyl (C=O) groups excluding carboxylic acids is 1. The van der Waals surface area contributed by atoms with Crippen molar-refractivity contribution < 1.29 is 4.79 Å². The Labute approximate surface area is 195 Å². The van der Waals surface area contributed by atoms with Crippen LogP contribution in [-0.4, -0.2) is 36.4 Å². The molecule has 0 spiro atoms. The molecule has 1 amide bonds. The van der Waals surface area contributed by atoms with Gasteiger partial charge in [-0.25, -0.2) is 4.98 Å². The number of hydrogen-bond donors (Lipinski definition) is 2. The summed E-state index contributed by atoms with van der Waals surface area (Å²) in [4.78, 5) is 31.4. The van der Waals surface area contributed by atoms with Crippen LogP contribution in [0.4, 0.5) is 5.69 Å². The van der Waals surface area contributed by atoms with E-state index in [0.717, 1.165) is 22.5 Å². The first-order valence-corrected chi connectivity index (χ1v) is 11.5. The SMILES string of the molecule is CCn1c(SCC(=O)Nc2cccc(-c3nc(C)cc(=O)[nH]3)c2)nnc1-c1cccc(C)c1. The van der Waals surface area contributed by atoms with Gasteiger partial charge < -0.3 is 14.9 Å². The zero-order valence-corrected chi connectivity index (χ0v) is 19.4. The van der Waals surface area contributed by atoms with Crippen LogP contribution in [0.3, 0.4) is 0 Å². The predicted octanol–water partition coefficient (Wildman–Crippen LogP) is 4.06. The Morgan fingerprint density at radius 1 is 1.06 bits per heavy atom. The molecule has 0 unspecified atom stereocenters. The summed E-state index contributed by atoms with van der Waals surface area (Å²) >= 11 is 1.34. The average molecular weight is 461 g/mol. The predicted molar refractivity (Wildman–Crippen MR) is 130 cm³/mol. The summed E-state index contributed by atoms with van der Waals surface area (Å²) in [5, 5.41) is 12.2. The number of nitrogens with one attached hydrogen (secondary N) is 2. The minimum Gasteiger partial charge on any atom is -0.325 e. The van der Waals surface area contributed by atoms with Crippen molar-refractivity contribution in [3.8, 4) is 22.8 Å². The lowest BCUT2D eigenvalue weighted by atomic mass is 10.1. The molecule has 9 heteroatoms. The lowest BCUT2D eigenvalue weighted by molar-refractivity contribution is -0.113. The molecular weight excluding hydrogens is 436 g/mol. The van der Waals surface area contributed by atoms with E-state index in [-0.39, 0.29) is 17.2 Å². The molecule has 4 rings (SSSR count). The van der Waals surface area contributed by atoms with Crippen molar-refractivity contribution in [3.05, 3.63) is 76.2 Å². The van der Waals surface area contributed by atoms with Crippen LogP contribution >= 0.6 is 11.8 Å². The number of rotatable bonds is 7. The van der Waals surface area contributed by atoms with Gasteiger partial charge in [-0.05, 0) is 39.0 Å². The van der Waals surface area contributed by atoms with Gasteiger partial charge in [0.05, 0.1) is 5.75 Å². The van der Waals surface area contributed by atoms with E-state index in [0.29, 0.717) is 28.9 Å². The average Bonchev–Trinajstić information content (AvgIpc) is 3.20. The van der Waals surface area contributed by atoms with Gasteiger partial charge in [0.2, 0.25) is 5.91 Å². The number of nitrogens with zero attached hydrogens (tertiary/aromatic N) is 4. The highest BCUT2D eigenvalue weighted by atomic mass is 32.2. The fourth-order valence-corrected chi connectivity index (χ4v) is 4.27. The monoisotopic (exact) mass is 460 g/mol. The Kier molecular flexibility index (Phi) is 6.69. The Morgan fingerprint density at radius 3 is 2.61 bits per heavy atom. The smallest absolute Gasteiger partial charge is 0.251 e. The molecule has 0 radical (unpaired) electrons. The van der Waals surface area contributed by atoms with Crippen molar-refractivity contribution >= 4 is 23.4 Å². The number of thioether (sulfide) groups is 1. The summed E-state index contributed by atoms with van der Waals surface area (Å²) in [7, 11) is 0. The summed E-state index contributed by atoms with van der Waals surface area (Å²) in [6, 6.07) is 16.8. The van der Waals surface area contributed by atoms with Crippen LogP contribution in [0.5, 0.6) is 0 Å². The normalized spacial score (nSPS) is 10.9. The number of anilines is 1. The maximum Gasteiger partial charge on any atom is 0.251 e. The summed E-state index contributed by atoms with van der Waals surface area (Å²) in [5.74, 6) is 1.28. The van der Waals surface area contributed by atoms with Crippen LogP contribution in [0.25, 0.3) is 22.8 Å². The second-order valence-corrected chi connectivity index (χ2v) is 8.52. The molecule has 0 saturated heterocycles. The Morgan fingerprint density at radius 2 is 1.85 bits per heavy atom. The molecular formula is C24H24N6O2S. The van der Waals surface area contributed by atoms with Crippen LogP contribution in [0, 0.1) is 13.8 Å². The van der Waals surface area contributed by atoms with Crippen LogP contribution in [0.1, 0.15) is 18.2 Å². The number of carbonyl (C=O) groups is 1. The molecule has 0 aliphatic heterocycles. The maximum atomic E-state index is 12.6. The highest BCUT2D eigenvalue weighted by Crippen LogP contribution is 2.25. The van der Waals surface area contributed by atoms with E-state index in [1.165, 1.54) is 17.8 Å². The summed E-state index contributed by atoms with van der Waals surface area (Å²) in [5.41, 5.74) is 3.91. The third-order valence-electron chi connectivity index (χ3n) is 4.93. The van der Waals surface area contributed by atoms with Gasteiger partial charge in [0, 0.05) is 35.1 Å². The van der Waals surface area contributed by atoms with Gasteiger partial charge in [-0.15, -0.1) is 10.2 Å². The minimum absolute atomic E-state index is 0.161. The lowest BCUT2D eigenvalue weighted by Gasteiger charge is -2.09. The zero-order valence-electron chi connectivity index (χ0n) is 18.6. The molecule has 0 saturated carbocycles. The molecule has 2 aromatic heterocycles. The molecule has 4 aromatic rings. The summed E-state index contributed by atoms with van der Waals surface area (Å²) < 4.78 is 2.01. The molecule has 0 aliphatic carbocycles. The van der Waals surface area contributed by atoms with Crippen molar-refractivity contribution in [3.63, 3.8) is 0 Å². The van der Waals surface area contributed by atoms with Gasteiger partial charge in [-0.3, -0.25) is 9.59 Å². The van der Waals surface area contributed by atoms with E-state index >= 15 is 0 Å². The topological polar surface area (TPSA) is 106 Å². The fraction of sp³-hybridized carbons (Fsp3) is 0.208. The zero-order chi connectivity index (χ0) is 23.4. The molecule has 33 heavy (non-hydrogen) atoms. The first-order chi connectivity index (χ1) is 15.9. The molecule has 0 fully saturated rings. The molecule has 0 atom stereocenters. The van der Waals surface area contributed by atoms with Crippen LogP contribution in [0.2, 0.25) is 0 Å². The highest BCUT2D eigenvalue weighted by Gasteiger charge is 2.15. The van der Waals surface area contributed by atoms with E-state index in [1.807, 2.05) is 48.7 Å². The quantitative estimate of drug-likeness (QED) is 0.403. The Hall–Kier alpha value is -3.72. The van der Waals surface area contributed by atoms with Crippen LogP contribution in [0.15, 0.2) is 64.5 Å². The number of benzene rings is 2. The largest absolute Gasteiger partial charge is 0.325 e. The first kappa shape index (κ1) is 22.5. The Bertz CT molecular complexity index is 1360. The van der Waals surface area contributed by atoms with Crippen molar-refractivity contribution in [1.29, 1.82) is 0 Å². The molecule has 168 valence electrons. The number of amides is 1. The van der Waals surface area contributed by atoms with E-state index in [1.54, 1.807) is 19.1 Å². The second kappa shape index (κ2) is 9.83. The van der Waals surface area contributed by atoms with Gasteiger partial charge in [0.15, 0.2) is 11.0 Å². The van der Waals surface area contributed by atoms with Crippen LogP contribution < -0.4 is 10.9 Å². The van der Waals surface area contributed by atoms with Crippen LogP contribution in [-0.2, 0) is 11.3 Å². The standard InChI is InChI=1S/C24H24N6O2S/c1-4-30-23(18-9-5-7-15(2)11-18)28-29-24(30)33-14-21(32)26-19-10-6-8-17(13-19)22-25-16(3)12-20(31)27-22/h5-13H,4,14H2,1-3H3,(H,26,32)(H,25,27,31). The summed E-state index contributed by atoms with van der Waals surface area (Å²) in [6.45, 7) is 6.53. The van der Waals surface area contributed by atoms with Crippen molar-refractivity contribution in [2.45, 2.75) is 32.5 Å². The van der Waals surface area contributed by atoms with Crippen molar-refractivity contribution in [1.82, 2.24) is 24.7 Å². The highest BCUT2D eigenvalue weighted by molar-refractivity contribution is 7.99. The third kappa shape index (κ3) is 5.38.